The van der Waals surface area contributed by atoms with E-state index in [-0.39, 0.29) is 17.9 Å². The number of nitrogens with one attached hydrogen (secondary N) is 1. The van der Waals surface area contributed by atoms with Gasteiger partial charge in [0.2, 0.25) is 5.91 Å². The lowest BCUT2D eigenvalue weighted by molar-refractivity contribution is -0.121. The predicted octanol–water partition coefficient (Wildman–Crippen LogP) is 1.17. The molecule has 0 radical (unpaired) electrons. The minimum absolute atomic E-state index is 0.00813. The third-order valence-electron chi connectivity index (χ3n) is 4.45. The average molecular weight is 363 g/mol. The van der Waals surface area contributed by atoms with E-state index in [4.69, 9.17) is 15.2 Å². The Morgan fingerprint density at radius 1 is 1.23 bits per heavy atom. The molecule has 1 atom stereocenters. The standard InChI is InChI=1S/C19H29N3O4/c1-25-12-13-26-17-7-5-15(6-8-17)19(24)22-11-3-2-4-16(22)14-21-18(23)9-10-20/h5-8,16H,2-4,9-14,20H2,1H3,(H,21,23). The van der Waals surface area contributed by atoms with Gasteiger partial charge in [0.25, 0.3) is 5.91 Å². The van der Waals surface area contributed by atoms with Gasteiger partial charge in [-0.05, 0) is 43.5 Å². The smallest absolute Gasteiger partial charge is 0.254 e. The molecule has 1 saturated heterocycles. The maximum Gasteiger partial charge on any atom is 0.254 e. The van der Waals surface area contributed by atoms with Crippen LogP contribution < -0.4 is 15.8 Å². The van der Waals surface area contributed by atoms with E-state index in [0.29, 0.717) is 50.6 Å². The van der Waals surface area contributed by atoms with Crippen LogP contribution in [0.2, 0.25) is 0 Å². The quantitative estimate of drug-likeness (QED) is 0.643. The number of carbonyl (C=O) groups is 2. The number of methoxy groups -OCH3 is 1. The predicted molar refractivity (Wildman–Crippen MR) is 99.2 cm³/mol. The monoisotopic (exact) mass is 363 g/mol. The largest absolute Gasteiger partial charge is 0.491 e. The van der Waals surface area contributed by atoms with Crippen LogP contribution in [-0.2, 0) is 9.53 Å². The van der Waals surface area contributed by atoms with Crippen LogP contribution in [0.5, 0.6) is 5.75 Å². The number of ether oxygens (including phenoxy) is 2. The van der Waals surface area contributed by atoms with Gasteiger partial charge in [-0.3, -0.25) is 9.59 Å². The van der Waals surface area contributed by atoms with E-state index < -0.39 is 0 Å². The van der Waals surface area contributed by atoms with Crippen LogP contribution >= 0.6 is 0 Å². The first-order valence-corrected chi connectivity index (χ1v) is 9.15. The van der Waals surface area contributed by atoms with E-state index in [1.54, 1.807) is 31.4 Å². The van der Waals surface area contributed by atoms with Gasteiger partial charge >= 0.3 is 0 Å². The second kappa shape index (κ2) is 10.8. The average Bonchev–Trinajstić information content (AvgIpc) is 2.67. The molecular formula is C19H29N3O4. The molecule has 1 aliphatic heterocycles. The van der Waals surface area contributed by atoms with Gasteiger partial charge in [-0.25, -0.2) is 0 Å². The summed E-state index contributed by atoms with van der Waals surface area (Å²) in [6.07, 6.45) is 3.25. The topological polar surface area (TPSA) is 93.9 Å². The number of hydrogen-bond donors (Lipinski definition) is 2. The molecule has 3 N–H and O–H groups in total. The first-order valence-electron chi connectivity index (χ1n) is 9.15. The van der Waals surface area contributed by atoms with Gasteiger partial charge in [0.15, 0.2) is 0 Å². The van der Waals surface area contributed by atoms with E-state index in [1.165, 1.54) is 0 Å². The molecule has 2 amide bonds. The lowest BCUT2D eigenvalue weighted by Crippen LogP contribution is -2.49. The molecule has 1 aromatic carbocycles. The molecule has 0 saturated carbocycles. The molecule has 7 nitrogen and oxygen atoms in total. The zero-order chi connectivity index (χ0) is 18.8. The molecule has 0 aromatic heterocycles. The van der Waals surface area contributed by atoms with Crippen LogP contribution in [0.1, 0.15) is 36.0 Å². The number of nitrogens with two attached hydrogens (primary N) is 1. The van der Waals surface area contributed by atoms with Gasteiger partial charge in [-0.2, -0.15) is 0 Å². The summed E-state index contributed by atoms with van der Waals surface area (Å²) in [7, 11) is 1.62. The molecule has 144 valence electrons. The molecule has 1 fully saturated rings. The van der Waals surface area contributed by atoms with Gasteiger partial charge in [-0.1, -0.05) is 0 Å². The molecule has 2 rings (SSSR count). The molecule has 26 heavy (non-hydrogen) atoms. The SMILES string of the molecule is COCCOc1ccc(C(=O)N2CCCCC2CNC(=O)CCN)cc1. The van der Waals surface area contributed by atoms with Gasteiger partial charge in [-0.15, -0.1) is 0 Å². The summed E-state index contributed by atoms with van der Waals surface area (Å²) in [4.78, 5) is 26.4. The number of benzene rings is 1. The Morgan fingerprint density at radius 2 is 2.00 bits per heavy atom. The maximum atomic E-state index is 12.9. The number of amides is 2. The number of likely N-dealkylation sites (tertiary alicyclic amines) is 1. The highest BCUT2D eigenvalue weighted by atomic mass is 16.5. The second-order valence-corrected chi connectivity index (χ2v) is 6.36. The molecule has 0 spiro atoms. The Morgan fingerprint density at radius 3 is 2.69 bits per heavy atom. The van der Waals surface area contributed by atoms with Crippen molar-refractivity contribution >= 4 is 11.8 Å². The van der Waals surface area contributed by atoms with Gasteiger partial charge in [0, 0.05) is 44.8 Å². The number of nitrogens with zero attached hydrogens (tertiary/aromatic N) is 1. The van der Waals surface area contributed by atoms with E-state index in [2.05, 4.69) is 5.32 Å². The van der Waals surface area contributed by atoms with Crippen LogP contribution in [0.25, 0.3) is 0 Å². The van der Waals surface area contributed by atoms with Crippen molar-refractivity contribution in [2.75, 3.05) is 40.0 Å². The highest BCUT2D eigenvalue weighted by Gasteiger charge is 2.27. The Hall–Kier alpha value is -2.12. The Kier molecular flexibility index (Phi) is 8.37. The van der Waals surface area contributed by atoms with Crippen LogP contribution in [0, 0.1) is 0 Å². The van der Waals surface area contributed by atoms with E-state index >= 15 is 0 Å². The van der Waals surface area contributed by atoms with E-state index in [1.807, 2.05) is 4.90 Å². The Bertz CT molecular complexity index is 577. The zero-order valence-electron chi connectivity index (χ0n) is 15.4. The van der Waals surface area contributed by atoms with Gasteiger partial charge < -0.3 is 25.4 Å². The summed E-state index contributed by atoms with van der Waals surface area (Å²) in [5.74, 6) is 0.636. The van der Waals surface area contributed by atoms with Crippen molar-refractivity contribution in [2.45, 2.75) is 31.7 Å². The lowest BCUT2D eigenvalue weighted by atomic mass is 10.0. The van der Waals surface area contributed by atoms with Gasteiger partial charge in [0.05, 0.1) is 6.61 Å². The molecule has 1 unspecified atom stereocenters. The first-order chi connectivity index (χ1) is 12.7. The fourth-order valence-electron chi connectivity index (χ4n) is 3.03. The van der Waals surface area contributed by atoms with Crippen molar-refractivity contribution in [1.29, 1.82) is 0 Å². The van der Waals surface area contributed by atoms with Crippen molar-refractivity contribution in [1.82, 2.24) is 10.2 Å². The van der Waals surface area contributed by atoms with Crippen LogP contribution in [0.4, 0.5) is 0 Å². The summed E-state index contributed by atoms with van der Waals surface area (Å²) in [6, 6.07) is 7.18. The number of hydrogen-bond acceptors (Lipinski definition) is 5. The molecule has 1 aliphatic rings. The Labute approximate surface area is 154 Å². The van der Waals surface area contributed by atoms with Crippen LogP contribution in [-0.4, -0.2) is 62.7 Å². The summed E-state index contributed by atoms with van der Waals surface area (Å²) in [6.45, 7) is 2.51. The third-order valence-corrected chi connectivity index (χ3v) is 4.45. The van der Waals surface area contributed by atoms with Crippen molar-refractivity contribution in [2.24, 2.45) is 5.73 Å². The minimum atomic E-state index is -0.0666. The Balaban J connectivity index is 1.95. The molecule has 0 aliphatic carbocycles. The van der Waals surface area contributed by atoms with Gasteiger partial charge in [0.1, 0.15) is 12.4 Å². The first kappa shape index (κ1) is 20.2. The van der Waals surface area contributed by atoms with Crippen molar-refractivity contribution < 1.29 is 19.1 Å². The third kappa shape index (κ3) is 6.00. The number of carbonyl (C=O) groups excluding carboxylic acids is 2. The summed E-state index contributed by atoms with van der Waals surface area (Å²) < 4.78 is 10.5. The molecule has 1 heterocycles. The molecular weight excluding hydrogens is 334 g/mol. The highest BCUT2D eigenvalue weighted by molar-refractivity contribution is 5.94. The normalized spacial score (nSPS) is 17.0. The van der Waals surface area contributed by atoms with E-state index in [9.17, 15) is 9.59 Å². The highest BCUT2D eigenvalue weighted by Crippen LogP contribution is 2.21. The number of piperidine rings is 1. The summed E-state index contributed by atoms with van der Waals surface area (Å²) >= 11 is 0. The zero-order valence-corrected chi connectivity index (χ0v) is 15.4. The lowest BCUT2D eigenvalue weighted by Gasteiger charge is -2.36. The minimum Gasteiger partial charge on any atom is -0.491 e. The summed E-state index contributed by atoms with van der Waals surface area (Å²) in [5.41, 5.74) is 6.03. The van der Waals surface area contributed by atoms with Crippen molar-refractivity contribution in [3.63, 3.8) is 0 Å². The van der Waals surface area contributed by atoms with Crippen molar-refractivity contribution in [3.8, 4) is 5.75 Å². The molecule has 0 bridgehead atoms. The fraction of sp³-hybridized carbons (Fsp3) is 0.579. The van der Waals surface area contributed by atoms with E-state index in [0.717, 1.165) is 19.3 Å². The maximum absolute atomic E-state index is 12.9. The van der Waals surface area contributed by atoms with Crippen LogP contribution in [0.15, 0.2) is 24.3 Å². The fourth-order valence-corrected chi connectivity index (χ4v) is 3.03. The molecule has 7 heteroatoms. The van der Waals surface area contributed by atoms with Crippen molar-refractivity contribution in [3.05, 3.63) is 29.8 Å². The van der Waals surface area contributed by atoms with Crippen LogP contribution in [0.3, 0.4) is 0 Å². The second-order valence-electron chi connectivity index (χ2n) is 6.36. The number of rotatable bonds is 9. The summed E-state index contributed by atoms with van der Waals surface area (Å²) in [5, 5.41) is 2.88. The molecule has 1 aromatic rings.